The maximum atomic E-state index is 11.7. The summed E-state index contributed by atoms with van der Waals surface area (Å²) in [6, 6.07) is -0.502. The number of nitrogens with two attached hydrogens (primary N) is 1. The van der Waals surface area contributed by atoms with Gasteiger partial charge in [-0.3, -0.25) is 9.59 Å². The van der Waals surface area contributed by atoms with Gasteiger partial charge in [0.2, 0.25) is 11.1 Å². The molecule has 0 aromatic carbocycles. The Labute approximate surface area is 128 Å². The average Bonchev–Trinajstić information content (AvgIpc) is 2.89. The summed E-state index contributed by atoms with van der Waals surface area (Å²) < 4.78 is 1.49. The van der Waals surface area contributed by atoms with Crippen LogP contribution in [-0.2, 0) is 16.6 Å². The summed E-state index contributed by atoms with van der Waals surface area (Å²) in [6.45, 7) is 0.185. The number of hydrogen-bond donors (Lipinski definition) is 2. The number of rotatable bonds is 4. The first kappa shape index (κ1) is 14.6. The van der Waals surface area contributed by atoms with Gasteiger partial charge in [-0.1, -0.05) is 11.8 Å². The molecule has 114 valence electrons. The number of aliphatic carboxylic acids is 1. The van der Waals surface area contributed by atoms with Crippen LogP contribution in [0.2, 0.25) is 0 Å². The molecule has 2 aliphatic rings. The van der Waals surface area contributed by atoms with Crippen LogP contribution in [0.5, 0.6) is 0 Å². The normalized spacial score (nSPS) is 31.7. The molecule has 2 saturated heterocycles. The van der Waals surface area contributed by atoms with Gasteiger partial charge in [-0.2, -0.15) is 0 Å². The van der Waals surface area contributed by atoms with Gasteiger partial charge in [0, 0.05) is 25.1 Å². The van der Waals surface area contributed by atoms with Crippen molar-refractivity contribution in [3.8, 4) is 0 Å². The van der Waals surface area contributed by atoms with E-state index in [-0.39, 0.29) is 17.8 Å². The van der Waals surface area contributed by atoms with Crippen molar-refractivity contribution in [3.63, 3.8) is 0 Å². The van der Waals surface area contributed by atoms with Crippen LogP contribution in [0, 0.1) is 5.41 Å². The molecule has 3 N–H and O–H groups in total. The molecular formula is C10H14N6O3S2. The van der Waals surface area contributed by atoms with Crippen LogP contribution >= 0.6 is 23.5 Å². The number of fused-ring (bicyclic) bond motifs is 1. The second-order valence-electron chi connectivity index (χ2n) is 5.15. The van der Waals surface area contributed by atoms with Gasteiger partial charge in [0.1, 0.15) is 16.8 Å². The predicted octanol–water partition coefficient (Wildman–Crippen LogP) is -1.38. The molecule has 0 bridgehead atoms. The predicted molar refractivity (Wildman–Crippen MR) is 75.5 cm³/mol. The molecule has 3 rings (SSSR count). The summed E-state index contributed by atoms with van der Waals surface area (Å²) in [4.78, 5) is 25.0. The highest BCUT2D eigenvalue weighted by molar-refractivity contribution is 8.00. The first-order valence-electron chi connectivity index (χ1n) is 6.21. The van der Waals surface area contributed by atoms with Gasteiger partial charge in [-0.25, -0.2) is 4.68 Å². The van der Waals surface area contributed by atoms with Crippen LogP contribution in [0.15, 0.2) is 5.16 Å². The lowest BCUT2D eigenvalue weighted by Gasteiger charge is -2.52. The van der Waals surface area contributed by atoms with Gasteiger partial charge in [-0.05, 0) is 10.4 Å². The summed E-state index contributed by atoms with van der Waals surface area (Å²) in [6.07, 6.45) is 0. The zero-order valence-electron chi connectivity index (χ0n) is 11.2. The maximum Gasteiger partial charge on any atom is 0.313 e. The van der Waals surface area contributed by atoms with E-state index in [1.165, 1.54) is 28.2 Å². The highest BCUT2D eigenvalue weighted by Crippen LogP contribution is 2.43. The van der Waals surface area contributed by atoms with E-state index in [0.29, 0.717) is 16.7 Å². The number of carboxylic acid groups (broad SMARTS) is 1. The van der Waals surface area contributed by atoms with E-state index in [1.807, 2.05) is 0 Å². The first-order chi connectivity index (χ1) is 9.94. The number of carbonyl (C=O) groups excluding carboxylic acids is 1. The Morgan fingerprint density at radius 1 is 1.67 bits per heavy atom. The molecule has 0 saturated carbocycles. The summed E-state index contributed by atoms with van der Waals surface area (Å²) in [5.41, 5.74) is 4.71. The molecule has 1 aromatic rings. The number of carboxylic acids is 1. The SMILES string of the molecule is Cn1nnnc1SCC1(C(=O)O)CS[C@@H]2C(N)C(=O)N2C1. The number of nitrogens with zero attached hydrogens (tertiary/aromatic N) is 5. The number of aromatic nitrogens is 4. The van der Waals surface area contributed by atoms with Crippen molar-refractivity contribution in [3.05, 3.63) is 0 Å². The van der Waals surface area contributed by atoms with Crippen molar-refractivity contribution in [1.82, 2.24) is 25.1 Å². The minimum absolute atomic E-state index is 0.0912. The van der Waals surface area contributed by atoms with Crippen LogP contribution in [0.3, 0.4) is 0 Å². The van der Waals surface area contributed by atoms with Crippen molar-refractivity contribution in [2.24, 2.45) is 18.2 Å². The molecular weight excluding hydrogens is 316 g/mol. The molecule has 2 unspecified atom stereocenters. The van der Waals surface area contributed by atoms with Crippen LogP contribution in [-0.4, -0.2) is 71.6 Å². The molecule has 1 aromatic heterocycles. The third-order valence-corrected chi connectivity index (χ3v) is 6.61. The number of tetrazole rings is 1. The molecule has 0 aliphatic carbocycles. The van der Waals surface area contributed by atoms with Crippen molar-refractivity contribution in [2.45, 2.75) is 16.6 Å². The minimum atomic E-state index is -1.01. The zero-order valence-corrected chi connectivity index (χ0v) is 12.8. The summed E-state index contributed by atoms with van der Waals surface area (Å²) >= 11 is 2.71. The number of hydrogen-bond acceptors (Lipinski definition) is 8. The Morgan fingerprint density at radius 3 is 3.05 bits per heavy atom. The second-order valence-corrected chi connectivity index (χ2v) is 7.20. The largest absolute Gasteiger partial charge is 0.481 e. The quantitative estimate of drug-likeness (QED) is 0.507. The van der Waals surface area contributed by atoms with E-state index in [9.17, 15) is 14.7 Å². The standard InChI is InChI=1S/C10H14N6O3S2/c1-15-9(12-13-14-15)21-4-10(8(18)19)2-16-6(17)5(11)7(16)20-3-10/h5,7H,2-4,11H2,1H3,(H,18,19)/t5?,7-,10?/m1/s1. The maximum absolute atomic E-state index is 11.7. The molecule has 0 radical (unpaired) electrons. The Bertz CT molecular complexity index is 595. The van der Waals surface area contributed by atoms with Gasteiger partial charge >= 0.3 is 5.97 Å². The van der Waals surface area contributed by atoms with E-state index < -0.39 is 17.4 Å². The van der Waals surface area contributed by atoms with Gasteiger partial charge in [-0.15, -0.1) is 16.9 Å². The summed E-state index contributed by atoms with van der Waals surface area (Å²) in [5, 5.41) is 21.1. The highest BCUT2D eigenvalue weighted by Gasteiger charge is 2.55. The molecule has 21 heavy (non-hydrogen) atoms. The van der Waals surface area contributed by atoms with Crippen LogP contribution in [0.1, 0.15) is 0 Å². The topological polar surface area (TPSA) is 127 Å². The van der Waals surface area contributed by atoms with E-state index in [0.717, 1.165) is 0 Å². The lowest BCUT2D eigenvalue weighted by Crippen LogP contribution is -2.72. The zero-order chi connectivity index (χ0) is 15.2. The number of amides is 1. The Kier molecular flexibility index (Phi) is 3.58. The third-order valence-electron chi connectivity index (χ3n) is 3.70. The monoisotopic (exact) mass is 330 g/mol. The average molecular weight is 330 g/mol. The summed E-state index contributed by atoms with van der Waals surface area (Å²) in [5.74, 6) is -0.370. The first-order valence-corrected chi connectivity index (χ1v) is 8.24. The second kappa shape index (κ2) is 5.14. The Hall–Kier alpha value is -1.33. The Balaban J connectivity index is 1.74. The van der Waals surface area contributed by atoms with E-state index in [4.69, 9.17) is 5.73 Å². The van der Waals surface area contributed by atoms with Gasteiger partial charge in [0.25, 0.3) is 0 Å². The molecule has 2 aliphatic heterocycles. The molecule has 0 spiro atoms. The van der Waals surface area contributed by atoms with Crippen LogP contribution in [0.4, 0.5) is 0 Å². The number of carbonyl (C=O) groups is 2. The van der Waals surface area contributed by atoms with Gasteiger partial charge < -0.3 is 15.7 Å². The van der Waals surface area contributed by atoms with Crippen molar-refractivity contribution >= 4 is 35.4 Å². The molecule has 3 atom stereocenters. The van der Waals surface area contributed by atoms with E-state index in [2.05, 4.69) is 15.5 Å². The van der Waals surface area contributed by atoms with Crippen molar-refractivity contribution in [1.29, 1.82) is 0 Å². The molecule has 3 heterocycles. The smallest absolute Gasteiger partial charge is 0.313 e. The van der Waals surface area contributed by atoms with E-state index >= 15 is 0 Å². The summed E-state index contributed by atoms with van der Waals surface area (Å²) in [7, 11) is 1.69. The van der Waals surface area contributed by atoms with Crippen molar-refractivity contribution in [2.75, 3.05) is 18.1 Å². The van der Waals surface area contributed by atoms with Gasteiger partial charge in [0.15, 0.2) is 0 Å². The number of β-lactam (4-membered cyclic amide) rings is 1. The highest BCUT2D eigenvalue weighted by atomic mass is 32.2. The molecule has 11 heteroatoms. The molecule has 1 amide bonds. The fraction of sp³-hybridized carbons (Fsp3) is 0.700. The minimum Gasteiger partial charge on any atom is -0.481 e. The number of thioether (sulfide) groups is 2. The lowest BCUT2D eigenvalue weighted by atomic mass is 9.89. The van der Waals surface area contributed by atoms with Crippen LogP contribution < -0.4 is 5.73 Å². The van der Waals surface area contributed by atoms with Gasteiger partial charge in [0.05, 0.1) is 0 Å². The lowest BCUT2D eigenvalue weighted by molar-refractivity contribution is -0.155. The number of aryl methyl sites for hydroxylation is 1. The molecule has 2 fully saturated rings. The fourth-order valence-corrected chi connectivity index (χ4v) is 5.01. The third kappa shape index (κ3) is 2.28. The Morgan fingerprint density at radius 2 is 2.43 bits per heavy atom. The van der Waals surface area contributed by atoms with E-state index in [1.54, 1.807) is 11.9 Å². The molecule has 9 nitrogen and oxygen atoms in total. The van der Waals surface area contributed by atoms with Crippen LogP contribution in [0.25, 0.3) is 0 Å². The fourth-order valence-electron chi connectivity index (χ4n) is 2.35. The van der Waals surface area contributed by atoms with Crippen molar-refractivity contribution < 1.29 is 14.7 Å².